The molecule has 0 aliphatic rings. The van der Waals surface area contributed by atoms with Gasteiger partial charge in [0.2, 0.25) is 0 Å². The topological polar surface area (TPSA) is 29.9 Å². The zero-order chi connectivity index (χ0) is 12.4. The minimum atomic E-state index is 0.744. The van der Waals surface area contributed by atoms with E-state index in [1.807, 2.05) is 18.7 Å². The van der Waals surface area contributed by atoms with Gasteiger partial charge < -0.3 is 5.32 Å². The van der Waals surface area contributed by atoms with Crippen LogP contribution in [-0.2, 0) is 20.1 Å². The fourth-order valence-corrected chi connectivity index (χ4v) is 2.85. The molecular formula is C12H16ClN3S. The Kier molecular flexibility index (Phi) is 3.86. The Morgan fingerprint density at radius 2 is 2.18 bits per heavy atom. The second kappa shape index (κ2) is 5.21. The predicted molar refractivity (Wildman–Crippen MR) is 72.6 cm³/mol. The van der Waals surface area contributed by atoms with Crippen LogP contribution in [0.1, 0.15) is 21.8 Å². The summed E-state index contributed by atoms with van der Waals surface area (Å²) in [4.78, 5) is 1.38. The summed E-state index contributed by atoms with van der Waals surface area (Å²) in [6.07, 6.45) is 0. The van der Waals surface area contributed by atoms with Gasteiger partial charge in [-0.15, -0.1) is 11.3 Å². The van der Waals surface area contributed by atoms with Gasteiger partial charge in [0.25, 0.3) is 0 Å². The number of halogens is 1. The minimum Gasteiger partial charge on any atom is -0.306 e. The highest BCUT2D eigenvalue weighted by atomic mass is 35.5. The minimum absolute atomic E-state index is 0.744. The lowest BCUT2D eigenvalue weighted by Crippen LogP contribution is -2.15. The fourth-order valence-electron chi connectivity index (χ4n) is 1.75. The molecule has 3 nitrogen and oxygen atoms in total. The van der Waals surface area contributed by atoms with Crippen molar-refractivity contribution in [1.29, 1.82) is 0 Å². The first-order valence-electron chi connectivity index (χ1n) is 5.51. The van der Waals surface area contributed by atoms with Crippen molar-refractivity contribution in [2.45, 2.75) is 26.9 Å². The molecule has 0 atom stereocenters. The highest BCUT2D eigenvalue weighted by Crippen LogP contribution is 2.20. The van der Waals surface area contributed by atoms with Crippen molar-refractivity contribution in [2.75, 3.05) is 0 Å². The van der Waals surface area contributed by atoms with E-state index in [4.69, 9.17) is 11.6 Å². The summed E-state index contributed by atoms with van der Waals surface area (Å²) in [6.45, 7) is 5.68. The van der Waals surface area contributed by atoms with Crippen LogP contribution in [0.2, 0.25) is 5.02 Å². The number of rotatable bonds is 4. The molecule has 0 radical (unpaired) electrons. The van der Waals surface area contributed by atoms with Gasteiger partial charge in [0.1, 0.15) is 0 Å². The highest BCUT2D eigenvalue weighted by molar-refractivity contribution is 7.10. The molecule has 92 valence electrons. The molecule has 2 aromatic rings. The van der Waals surface area contributed by atoms with Crippen LogP contribution in [0.3, 0.4) is 0 Å². The van der Waals surface area contributed by atoms with E-state index in [2.05, 4.69) is 28.8 Å². The van der Waals surface area contributed by atoms with E-state index in [-0.39, 0.29) is 0 Å². The average Bonchev–Trinajstić information content (AvgIpc) is 2.78. The lowest BCUT2D eigenvalue weighted by molar-refractivity contribution is 0.627. The van der Waals surface area contributed by atoms with Crippen molar-refractivity contribution in [2.24, 2.45) is 7.05 Å². The smallest absolute Gasteiger partial charge is 0.0860 e. The molecule has 2 rings (SSSR count). The molecule has 0 aromatic carbocycles. The number of nitrogens with zero attached hydrogens (tertiary/aromatic N) is 2. The van der Waals surface area contributed by atoms with Gasteiger partial charge >= 0.3 is 0 Å². The summed E-state index contributed by atoms with van der Waals surface area (Å²) in [5, 5.41) is 10.6. The van der Waals surface area contributed by atoms with Gasteiger partial charge in [-0.25, -0.2) is 0 Å². The second-order valence-electron chi connectivity index (χ2n) is 4.10. The first-order valence-corrected chi connectivity index (χ1v) is 6.77. The van der Waals surface area contributed by atoms with Gasteiger partial charge in [-0.2, -0.15) is 5.10 Å². The van der Waals surface area contributed by atoms with Gasteiger partial charge in [0.15, 0.2) is 0 Å². The van der Waals surface area contributed by atoms with E-state index in [0.717, 1.165) is 29.5 Å². The van der Waals surface area contributed by atoms with Crippen molar-refractivity contribution < 1.29 is 0 Å². The predicted octanol–water partition coefficient (Wildman–Crippen LogP) is 3.04. The van der Waals surface area contributed by atoms with Crippen molar-refractivity contribution in [3.8, 4) is 0 Å². The van der Waals surface area contributed by atoms with Crippen LogP contribution in [0.5, 0.6) is 0 Å². The Hall–Kier alpha value is -0.840. The summed E-state index contributed by atoms with van der Waals surface area (Å²) in [6, 6.07) is 2.14. The zero-order valence-electron chi connectivity index (χ0n) is 10.2. The van der Waals surface area contributed by atoms with Gasteiger partial charge in [-0.1, -0.05) is 11.6 Å². The van der Waals surface area contributed by atoms with Gasteiger partial charge in [0, 0.05) is 25.0 Å². The molecule has 2 aromatic heterocycles. The van der Waals surface area contributed by atoms with Crippen molar-refractivity contribution in [1.82, 2.24) is 15.1 Å². The monoisotopic (exact) mass is 269 g/mol. The molecule has 0 saturated carbocycles. The van der Waals surface area contributed by atoms with Crippen molar-refractivity contribution in [3.05, 3.63) is 38.3 Å². The number of aryl methyl sites for hydroxylation is 3. The molecule has 0 fully saturated rings. The highest BCUT2D eigenvalue weighted by Gasteiger charge is 2.10. The number of nitrogens with one attached hydrogen (secondary N) is 1. The standard InChI is InChI=1S/C12H16ClN3S/c1-8-4-5-17-11(8)7-14-6-10-12(13)9(2)15-16(10)3/h4-5,14H,6-7H2,1-3H3. The third-order valence-corrected chi connectivity index (χ3v) is 4.32. The molecule has 0 bridgehead atoms. The number of hydrogen-bond donors (Lipinski definition) is 1. The van der Waals surface area contributed by atoms with E-state index in [9.17, 15) is 0 Å². The van der Waals surface area contributed by atoms with Crippen LogP contribution in [0.25, 0.3) is 0 Å². The Morgan fingerprint density at radius 3 is 2.71 bits per heavy atom. The fraction of sp³-hybridized carbons (Fsp3) is 0.417. The van der Waals surface area contributed by atoms with Gasteiger partial charge in [0.05, 0.1) is 16.4 Å². The van der Waals surface area contributed by atoms with Crippen LogP contribution in [0, 0.1) is 13.8 Å². The SMILES string of the molecule is Cc1ccsc1CNCc1c(Cl)c(C)nn1C. The van der Waals surface area contributed by atoms with E-state index >= 15 is 0 Å². The number of thiophene rings is 1. The first-order chi connectivity index (χ1) is 8.09. The normalized spacial score (nSPS) is 11.1. The van der Waals surface area contributed by atoms with Gasteiger partial charge in [-0.3, -0.25) is 4.68 Å². The summed E-state index contributed by atoms with van der Waals surface area (Å²) in [5.74, 6) is 0. The molecule has 0 spiro atoms. The Morgan fingerprint density at radius 1 is 1.41 bits per heavy atom. The van der Waals surface area contributed by atoms with Crippen LogP contribution < -0.4 is 5.32 Å². The Balaban J connectivity index is 1.97. The van der Waals surface area contributed by atoms with Crippen molar-refractivity contribution >= 4 is 22.9 Å². The first kappa shape index (κ1) is 12.6. The largest absolute Gasteiger partial charge is 0.306 e. The third kappa shape index (κ3) is 2.70. The zero-order valence-corrected chi connectivity index (χ0v) is 11.8. The Bertz CT molecular complexity index is 516. The molecule has 5 heteroatoms. The van der Waals surface area contributed by atoms with Crippen molar-refractivity contribution in [3.63, 3.8) is 0 Å². The van der Waals surface area contributed by atoms with E-state index in [1.165, 1.54) is 10.4 Å². The molecule has 0 amide bonds. The van der Waals surface area contributed by atoms with Crippen LogP contribution in [0.4, 0.5) is 0 Å². The van der Waals surface area contributed by atoms with Crippen LogP contribution in [0.15, 0.2) is 11.4 Å². The van der Waals surface area contributed by atoms with Gasteiger partial charge in [-0.05, 0) is 30.9 Å². The average molecular weight is 270 g/mol. The third-order valence-electron chi connectivity index (χ3n) is 2.81. The lowest BCUT2D eigenvalue weighted by atomic mass is 10.3. The molecule has 0 unspecified atom stereocenters. The Labute approximate surface area is 110 Å². The van der Waals surface area contributed by atoms with E-state index in [0.29, 0.717) is 0 Å². The lowest BCUT2D eigenvalue weighted by Gasteiger charge is -2.05. The maximum atomic E-state index is 6.19. The summed E-state index contributed by atoms with van der Waals surface area (Å²) >= 11 is 7.97. The maximum absolute atomic E-state index is 6.19. The molecule has 0 saturated heterocycles. The maximum Gasteiger partial charge on any atom is 0.0860 e. The second-order valence-corrected chi connectivity index (χ2v) is 5.48. The molecule has 2 heterocycles. The molecule has 1 N–H and O–H groups in total. The van der Waals surface area contributed by atoms with E-state index in [1.54, 1.807) is 11.3 Å². The quantitative estimate of drug-likeness (QED) is 0.925. The number of hydrogen-bond acceptors (Lipinski definition) is 3. The molecular weight excluding hydrogens is 254 g/mol. The number of aromatic nitrogens is 2. The van der Waals surface area contributed by atoms with Crippen LogP contribution >= 0.6 is 22.9 Å². The molecule has 17 heavy (non-hydrogen) atoms. The van der Waals surface area contributed by atoms with E-state index < -0.39 is 0 Å². The summed E-state index contributed by atoms with van der Waals surface area (Å²) in [5.41, 5.74) is 3.27. The summed E-state index contributed by atoms with van der Waals surface area (Å²) < 4.78 is 1.84. The van der Waals surface area contributed by atoms with Crippen LogP contribution in [-0.4, -0.2) is 9.78 Å². The molecule has 0 aliphatic heterocycles. The molecule has 0 aliphatic carbocycles. The summed E-state index contributed by atoms with van der Waals surface area (Å²) in [7, 11) is 1.92.